The number of hydrogen-bond donors (Lipinski definition) is 0. The summed E-state index contributed by atoms with van der Waals surface area (Å²) in [4.78, 5) is 18.3. The van der Waals surface area contributed by atoms with Gasteiger partial charge in [0.15, 0.2) is 0 Å². The van der Waals surface area contributed by atoms with E-state index in [1.54, 1.807) is 0 Å². The maximum atomic E-state index is 12.9. The summed E-state index contributed by atoms with van der Waals surface area (Å²) in [6.07, 6.45) is 0. The van der Waals surface area contributed by atoms with Gasteiger partial charge in [-0.25, -0.2) is 4.98 Å². The lowest BCUT2D eigenvalue weighted by atomic mass is 10.1. The predicted octanol–water partition coefficient (Wildman–Crippen LogP) is 4.53. The molecule has 0 saturated heterocycles. The van der Waals surface area contributed by atoms with E-state index in [1.807, 2.05) is 38.1 Å². The highest BCUT2D eigenvalue weighted by Crippen LogP contribution is 2.35. The van der Waals surface area contributed by atoms with E-state index in [0.29, 0.717) is 15.9 Å². The predicted molar refractivity (Wildman–Crippen MR) is 103 cm³/mol. The second-order valence-electron chi connectivity index (χ2n) is 5.38. The van der Waals surface area contributed by atoms with Gasteiger partial charge in [0.2, 0.25) is 0 Å². The van der Waals surface area contributed by atoms with Crippen molar-refractivity contribution in [2.45, 2.75) is 13.8 Å². The molecule has 0 unspecified atom stereocenters. The first-order chi connectivity index (χ1) is 11.5. The van der Waals surface area contributed by atoms with Gasteiger partial charge in [-0.3, -0.25) is 4.79 Å². The monoisotopic (exact) mass is 464 g/mol. The molecule has 0 spiro atoms. The Morgan fingerprint density at radius 1 is 1.12 bits per heavy atom. The van der Waals surface area contributed by atoms with Crippen LogP contribution in [0.4, 0.5) is 0 Å². The normalized spacial score (nSPS) is 11.5. The van der Waals surface area contributed by atoms with Gasteiger partial charge in [0.05, 0.1) is 11.4 Å². The molecule has 0 radical (unpaired) electrons. The Morgan fingerprint density at radius 2 is 1.83 bits per heavy atom. The van der Waals surface area contributed by atoms with E-state index in [4.69, 9.17) is 0 Å². The van der Waals surface area contributed by atoms with E-state index < -0.39 is 0 Å². The number of nitrogens with zero attached hydrogens (tertiary/aromatic N) is 4. The van der Waals surface area contributed by atoms with E-state index in [1.165, 1.54) is 16.0 Å². The Bertz CT molecular complexity index is 1170. The second-order valence-corrected chi connectivity index (χ2v) is 8.09. The van der Waals surface area contributed by atoms with Crippen molar-refractivity contribution in [2.24, 2.45) is 0 Å². The van der Waals surface area contributed by atoms with Gasteiger partial charge >= 0.3 is 0 Å². The van der Waals surface area contributed by atoms with Crippen molar-refractivity contribution >= 4 is 63.6 Å². The maximum absolute atomic E-state index is 12.9. The summed E-state index contributed by atoms with van der Waals surface area (Å²) in [5.41, 5.74) is 3.03. The zero-order chi connectivity index (χ0) is 17.0. The average Bonchev–Trinajstić information content (AvgIpc) is 2.93. The van der Waals surface area contributed by atoms with E-state index >= 15 is 0 Å². The largest absolute Gasteiger partial charge is 0.292 e. The minimum absolute atomic E-state index is 0.182. The minimum atomic E-state index is -0.182. The van der Waals surface area contributed by atoms with Crippen molar-refractivity contribution in [1.29, 1.82) is 0 Å². The van der Waals surface area contributed by atoms with Crippen LogP contribution in [0.15, 0.2) is 38.0 Å². The van der Waals surface area contributed by atoms with Crippen LogP contribution in [0.25, 0.3) is 26.1 Å². The molecule has 1 aromatic carbocycles. The third-order valence-electron chi connectivity index (χ3n) is 3.85. The van der Waals surface area contributed by atoms with Crippen LogP contribution < -0.4 is 5.56 Å². The molecular formula is C16H10Br2N4OS. The van der Waals surface area contributed by atoms with Crippen molar-refractivity contribution in [1.82, 2.24) is 20.0 Å². The first-order valence-corrected chi connectivity index (χ1v) is 9.48. The lowest BCUT2D eigenvalue weighted by Crippen LogP contribution is -2.21. The summed E-state index contributed by atoms with van der Waals surface area (Å²) in [5, 5.41) is 9.32. The molecule has 0 atom stereocenters. The molecule has 4 aromatic rings. The number of pyridine rings is 1. The summed E-state index contributed by atoms with van der Waals surface area (Å²) in [6, 6.07) is 7.38. The number of benzene rings is 1. The molecule has 0 saturated carbocycles. The van der Waals surface area contributed by atoms with Crippen molar-refractivity contribution in [3.05, 3.63) is 54.8 Å². The first kappa shape index (κ1) is 15.9. The Balaban J connectivity index is 2.07. The SMILES string of the molecule is Cc1nc2sc3c(=O)n(-c4ccc(Br)cc4)nnc3c2c(C)c1Br. The highest BCUT2D eigenvalue weighted by Gasteiger charge is 2.18. The van der Waals surface area contributed by atoms with Gasteiger partial charge in [0, 0.05) is 14.3 Å². The fourth-order valence-corrected chi connectivity index (χ4v) is 4.32. The Kier molecular flexibility index (Phi) is 3.78. The summed E-state index contributed by atoms with van der Waals surface area (Å²) in [5.74, 6) is 0. The van der Waals surface area contributed by atoms with E-state index in [-0.39, 0.29) is 5.56 Å². The molecule has 8 heteroatoms. The fraction of sp³-hybridized carbons (Fsp3) is 0.125. The third-order valence-corrected chi connectivity index (χ3v) is 6.61. The van der Waals surface area contributed by atoms with Gasteiger partial charge in [0.1, 0.15) is 15.0 Å². The minimum Gasteiger partial charge on any atom is -0.266 e. The molecule has 24 heavy (non-hydrogen) atoms. The Labute approximate surface area is 157 Å². The number of aromatic nitrogens is 4. The second kappa shape index (κ2) is 5.72. The van der Waals surface area contributed by atoms with Gasteiger partial charge in [-0.2, -0.15) is 4.68 Å². The zero-order valence-corrected chi connectivity index (χ0v) is 16.7. The van der Waals surface area contributed by atoms with Gasteiger partial charge in [-0.1, -0.05) is 21.1 Å². The first-order valence-electron chi connectivity index (χ1n) is 7.08. The molecule has 0 fully saturated rings. The standard InChI is InChI=1S/C16H10Br2N4OS/c1-7-11-13-14(24-15(11)19-8(2)12(7)18)16(23)22(21-20-13)10-5-3-9(17)4-6-10/h3-6H,1-2H3. The fourth-order valence-electron chi connectivity index (χ4n) is 2.63. The van der Waals surface area contributed by atoms with Crippen LogP contribution in [0, 0.1) is 13.8 Å². The third kappa shape index (κ3) is 2.32. The van der Waals surface area contributed by atoms with Crippen LogP contribution in [0.3, 0.4) is 0 Å². The summed E-state index contributed by atoms with van der Waals surface area (Å²) in [7, 11) is 0. The Hall–Kier alpha value is -1.64. The molecule has 0 amide bonds. The molecule has 0 aliphatic heterocycles. The number of thiophene rings is 1. The van der Waals surface area contributed by atoms with Crippen LogP contribution in [-0.2, 0) is 0 Å². The Morgan fingerprint density at radius 3 is 2.54 bits per heavy atom. The lowest BCUT2D eigenvalue weighted by Gasteiger charge is -2.04. The summed E-state index contributed by atoms with van der Waals surface area (Å²) >= 11 is 8.30. The number of fused-ring (bicyclic) bond motifs is 3. The van der Waals surface area contributed by atoms with E-state index in [9.17, 15) is 4.79 Å². The number of halogens is 2. The quantitative estimate of drug-likeness (QED) is 0.414. The van der Waals surface area contributed by atoms with Crippen molar-refractivity contribution in [3.8, 4) is 5.69 Å². The molecule has 5 nitrogen and oxygen atoms in total. The smallest absolute Gasteiger partial charge is 0.266 e. The van der Waals surface area contributed by atoms with Crippen LogP contribution in [0.1, 0.15) is 11.3 Å². The van der Waals surface area contributed by atoms with Crippen molar-refractivity contribution in [2.75, 3.05) is 0 Å². The van der Waals surface area contributed by atoms with Crippen LogP contribution in [0.2, 0.25) is 0 Å². The van der Waals surface area contributed by atoms with Crippen LogP contribution >= 0.6 is 43.2 Å². The van der Waals surface area contributed by atoms with Crippen LogP contribution in [-0.4, -0.2) is 20.0 Å². The molecule has 120 valence electrons. The number of aryl methyl sites for hydroxylation is 2. The summed E-state index contributed by atoms with van der Waals surface area (Å²) in [6.45, 7) is 3.93. The molecule has 4 rings (SSSR count). The molecule has 0 aliphatic carbocycles. The highest BCUT2D eigenvalue weighted by molar-refractivity contribution is 9.10. The molecule has 0 bridgehead atoms. The van der Waals surface area contributed by atoms with E-state index in [0.717, 1.165) is 30.4 Å². The number of hydrogen-bond acceptors (Lipinski definition) is 5. The lowest BCUT2D eigenvalue weighted by molar-refractivity contribution is 0.740. The van der Waals surface area contributed by atoms with Crippen LogP contribution in [0.5, 0.6) is 0 Å². The summed E-state index contributed by atoms with van der Waals surface area (Å²) < 4.78 is 3.77. The van der Waals surface area contributed by atoms with Crippen molar-refractivity contribution in [3.63, 3.8) is 0 Å². The van der Waals surface area contributed by atoms with Gasteiger partial charge < -0.3 is 0 Å². The molecular weight excluding hydrogens is 456 g/mol. The van der Waals surface area contributed by atoms with Crippen molar-refractivity contribution < 1.29 is 0 Å². The van der Waals surface area contributed by atoms with Gasteiger partial charge in [-0.05, 0) is 59.6 Å². The topological polar surface area (TPSA) is 60.7 Å². The molecule has 0 aliphatic rings. The van der Waals surface area contributed by atoms with Gasteiger partial charge in [0.25, 0.3) is 5.56 Å². The average molecular weight is 466 g/mol. The maximum Gasteiger partial charge on any atom is 0.292 e. The molecule has 0 N–H and O–H groups in total. The highest BCUT2D eigenvalue weighted by atomic mass is 79.9. The van der Waals surface area contributed by atoms with Gasteiger partial charge in [-0.15, -0.1) is 16.4 Å². The number of rotatable bonds is 1. The molecule has 3 heterocycles. The van der Waals surface area contributed by atoms with E-state index in [2.05, 4.69) is 47.2 Å². The zero-order valence-electron chi connectivity index (χ0n) is 12.7. The molecule has 3 aromatic heterocycles.